The van der Waals surface area contributed by atoms with Crippen LogP contribution in [0, 0.1) is 0 Å². The average molecular weight is 300 g/mol. The van der Waals surface area contributed by atoms with Crippen molar-refractivity contribution >= 4 is 17.1 Å². The predicted octanol–water partition coefficient (Wildman–Crippen LogP) is 1.37. The molecule has 0 bridgehead atoms. The summed E-state index contributed by atoms with van der Waals surface area (Å²) in [4.78, 5) is 4.77. The maximum Gasteiger partial charge on any atom is 0.0815 e. The molecular weight excluding hydrogens is 276 g/mol. The second-order valence-corrected chi connectivity index (χ2v) is 5.90. The molecule has 0 aliphatic carbocycles. The normalized spacial score (nSPS) is 16.0. The lowest BCUT2D eigenvalue weighted by Gasteiger charge is -2.35. The minimum Gasteiger partial charge on any atom is -0.399 e. The van der Waals surface area contributed by atoms with Gasteiger partial charge < -0.3 is 20.9 Å². The molecule has 22 heavy (non-hydrogen) atoms. The number of piperazine rings is 1. The zero-order chi connectivity index (χ0) is 15.5. The fourth-order valence-electron chi connectivity index (χ4n) is 2.76. The van der Waals surface area contributed by atoms with E-state index in [0.717, 1.165) is 43.2 Å². The lowest BCUT2D eigenvalue weighted by atomic mass is 10.2. The molecule has 3 N–H and O–H groups in total. The highest BCUT2D eigenvalue weighted by molar-refractivity contribution is 5.74. The Bertz CT molecular complexity index is 627. The standard InChI is InChI=1S/C16H24N6/c1-20-7-9-22(10-8-20)16-4-3-13(17)11-15(16)18-12-14-5-6-21(2)19-14/h3-6,11,18H,7-10,12,17H2,1-2H3. The van der Waals surface area contributed by atoms with E-state index in [1.165, 1.54) is 5.69 Å². The van der Waals surface area contributed by atoms with Crippen molar-refractivity contribution < 1.29 is 0 Å². The summed E-state index contributed by atoms with van der Waals surface area (Å²) >= 11 is 0. The highest BCUT2D eigenvalue weighted by atomic mass is 15.3. The summed E-state index contributed by atoms with van der Waals surface area (Å²) < 4.78 is 1.82. The molecule has 0 spiro atoms. The number of aromatic nitrogens is 2. The van der Waals surface area contributed by atoms with Crippen molar-refractivity contribution in [2.75, 3.05) is 49.2 Å². The van der Waals surface area contributed by atoms with E-state index in [9.17, 15) is 0 Å². The third-order valence-electron chi connectivity index (χ3n) is 4.09. The molecule has 2 heterocycles. The van der Waals surface area contributed by atoms with Crippen LogP contribution in [0.15, 0.2) is 30.5 Å². The molecule has 6 nitrogen and oxygen atoms in total. The highest BCUT2D eigenvalue weighted by Gasteiger charge is 2.17. The third-order valence-corrected chi connectivity index (χ3v) is 4.09. The molecule has 118 valence electrons. The van der Waals surface area contributed by atoms with Gasteiger partial charge in [0.25, 0.3) is 0 Å². The Kier molecular flexibility index (Phi) is 4.20. The van der Waals surface area contributed by atoms with Crippen LogP contribution >= 0.6 is 0 Å². The van der Waals surface area contributed by atoms with Crippen molar-refractivity contribution in [3.05, 3.63) is 36.2 Å². The van der Waals surface area contributed by atoms with Crippen molar-refractivity contribution in [1.82, 2.24) is 14.7 Å². The largest absolute Gasteiger partial charge is 0.399 e. The smallest absolute Gasteiger partial charge is 0.0815 e. The second kappa shape index (κ2) is 6.27. The van der Waals surface area contributed by atoms with Gasteiger partial charge in [-0.2, -0.15) is 5.10 Å². The number of aryl methyl sites for hydroxylation is 1. The Morgan fingerprint density at radius 2 is 1.91 bits per heavy atom. The van der Waals surface area contributed by atoms with Crippen molar-refractivity contribution in [2.45, 2.75) is 6.54 Å². The Morgan fingerprint density at radius 3 is 2.59 bits per heavy atom. The van der Waals surface area contributed by atoms with E-state index in [0.29, 0.717) is 6.54 Å². The third kappa shape index (κ3) is 3.33. The van der Waals surface area contributed by atoms with Crippen LogP contribution in [0.5, 0.6) is 0 Å². The van der Waals surface area contributed by atoms with Gasteiger partial charge in [0.15, 0.2) is 0 Å². The van der Waals surface area contributed by atoms with E-state index in [-0.39, 0.29) is 0 Å². The van der Waals surface area contributed by atoms with Gasteiger partial charge in [-0.3, -0.25) is 4.68 Å². The van der Waals surface area contributed by atoms with Crippen LogP contribution in [0.1, 0.15) is 5.69 Å². The number of nitrogen functional groups attached to an aromatic ring is 1. The molecule has 1 aliphatic rings. The van der Waals surface area contributed by atoms with E-state index in [4.69, 9.17) is 5.73 Å². The fraction of sp³-hybridized carbons (Fsp3) is 0.438. The minimum atomic E-state index is 0.699. The van der Waals surface area contributed by atoms with Crippen LogP contribution in [-0.4, -0.2) is 47.9 Å². The molecule has 6 heteroatoms. The average Bonchev–Trinajstić information content (AvgIpc) is 2.92. The molecule has 0 amide bonds. The number of hydrogen-bond acceptors (Lipinski definition) is 5. The summed E-state index contributed by atoms with van der Waals surface area (Å²) in [5.41, 5.74) is 10.1. The van der Waals surface area contributed by atoms with Crippen LogP contribution in [0.3, 0.4) is 0 Å². The Morgan fingerprint density at radius 1 is 1.14 bits per heavy atom. The Hall–Kier alpha value is -2.21. The molecule has 1 saturated heterocycles. The number of nitrogens with two attached hydrogens (primary N) is 1. The molecule has 0 saturated carbocycles. The zero-order valence-electron chi connectivity index (χ0n) is 13.3. The van der Waals surface area contributed by atoms with E-state index in [1.807, 2.05) is 36.1 Å². The maximum atomic E-state index is 5.97. The highest BCUT2D eigenvalue weighted by Crippen LogP contribution is 2.29. The first kappa shape index (κ1) is 14.7. The molecule has 0 atom stereocenters. The summed E-state index contributed by atoms with van der Waals surface area (Å²) in [6.07, 6.45) is 1.96. The summed E-state index contributed by atoms with van der Waals surface area (Å²) in [6.45, 7) is 4.95. The molecule has 1 aromatic heterocycles. The maximum absolute atomic E-state index is 5.97. The predicted molar refractivity (Wildman–Crippen MR) is 91.1 cm³/mol. The van der Waals surface area contributed by atoms with Gasteiger partial charge in [-0.1, -0.05) is 0 Å². The molecule has 0 unspecified atom stereocenters. The summed E-state index contributed by atoms with van der Waals surface area (Å²) in [5.74, 6) is 0. The number of likely N-dealkylation sites (N-methyl/N-ethyl adjacent to an activating group) is 1. The monoisotopic (exact) mass is 300 g/mol. The Labute approximate surface area is 131 Å². The van der Waals surface area contributed by atoms with Crippen LogP contribution in [0.25, 0.3) is 0 Å². The van der Waals surface area contributed by atoms with Crippen LogP contribution in [0.2, 0.25) is 0 Å². The minimum absolute atomic E-state index is 0.699. The van der Waals surface area contributed by atoms with Crippen molar-refractivity contribution in [3.63, 3.8) is 0 Å². The zero-order valence-corrected chi connectivity index (χ0v) is 13.3. The lowest BCUT2D eigenvalue weighted by molar-refractivity contribution is 0.313. The molecule has 0 radical (unpaired) electrons. The summed E-state index contributed by atoms with van der Waals surface area (Å²) in [7, 11) is 4.10. The SMILES string of the molecule is CN1CCN(c2ccc(N)cc2NCc2ccn(C)n2)CC1. The lowest BCUT2D eigenvalue weighted by Crippen LogP contribution is -2.44. The number of benzene rings is 1. The van der Waals surface area contributed by atoms with Gasteiger partial charge in [0, 0.05) is 45.1 Å². The van der Waals surface area contributed by atoms with E-state index in [2.05, 4.69) is 33.3 Å². The van der Waals surface area contributed by atoms with Crippen molar-refractivity contribution in [1.29, 1.82) is 0 Å². The van der Waals surface area contributed by atoms with Crippen LogP contribution in [-0.2, 0) is 13.6 Å². The van der Waals surface area contributed by atoms with Gasteiger partial charge in [-0.15, -0.1) is 0 Å². The number of nitrogens with zero attached hydrogens (tertiary/aromatic N) is 4. The Balaban J connectivity index is 1.75. The molecule has 1 aromatic carbocycles. The number of rotatable bonds is 4. The second-order valence-electron chi connectivity index (χ2n) is 5.90. The molecule has 1 fully saturated rings. The topological polar surface area (TPSA) is 62.4 Å². The first-order valence-electron chi connectivity index (χ1n) is 7.67. The quantitative estimate of drug-likeness (QED) is 0.835. The number of anilines is 3. The molecule has 1 aliphatic heterocycles. The first-order chi connectivity index (χ1) is 10.6. The van der Waals surface area contributed by atoms with E-state index >= 15 is 0 Å². The van der Waals surface area contributed by atoms with Crippen LogP contribution < -0.4 is 16.0 Å². The molecule has 2 aromatic rings. The van der Waals surface area contributed by atoms with Gasteiger partial charge >= 0.3 is 0 Å². The van der Waals surface area contributed by atoms with E-state index < -0.39 is 0 Å². The van der Waals surface area contributed by atoms with Crippen LogP contribution in [0.4, 0.5) is 17.1 Å². The molecule has 3 rings (SSSR count). The fourth-order valence-corrected chi connectivity index (χ4v) is 2.76. The van der Waals surface area contributed by atoms with Gasteiger partial charge in [0.1, 0.15) is 0 Å². The van der Waals surface area contributed by atoms with Gasteiger partial charge in [-0.25, -0.2) is 0 Å². The summed E-state index contributed by atoms with van der Waals surface area (Å²) in [5, 5.41) is 7.88. The van der Waals surface area contributed by atoms with Crippen molar-refractivity contribution in [3.8, 4) is 0 Å². The number of nitrogens with one attached hydrogen (secondary N) is 1. The van der Waals surface area contributed by atoms with Gasteiger partial charge in [-0.05, 0) is 31.3 Å². The van der Waals surface area contributed by atoms with E-state index in [1.54, 1.807) is 0 Å². The van der Waals surface area contributed by atoms with Gasteiger partial charge in [0.2, 0.25) is 0 Å². The van der Waals surface area contributed by atoms with Gasteiger partial charge in [0.05, 0.1) is 23.6 Å². The molecular formula is C16H24N6. The summed E-state index contributed by atoms with van der Waals surface area (Å²) in [6, 6.07) is 8.12. The van der Waals surface area contributed by atoms with Crippen molar-refractivity contribution in [2.24, 2.45) is 7.05 Å². The number of hydrogen-bond donors (Lipinski definition) is 2. The first-order valence-corrected chi connectivity index (χ1v) is 7.67.